The molecule has 2 N–H and O–H groups in total. The van der Waals surface area contributed by atoms with Gasteiger partial charge in [0.1, 0.15) is 10.7 Å². The summed E-state index contributed by atoms with van der Waals surface area (Å²) in [6, 6.07) is 8.78. The molecular formula is C39H59N5O7S. The molecule has 52 heavy (non-hydrogen) atoms. The van der Waals surface area contributed by atoms with E-state index < -0.39 is 29.9 Å². The number of thiazole rings is 1. The number of hydrogen-bond donors (Lipinski definition) is 2. The van der Waals surface area contributed by atoms with Crippen LogP contribution in [0.15, 0.2) is 35.7 Å². The van der Waals surface area contributed by atoms with Gasteiger partial charge in [0.2, 0.25) is 5.91 Å². The first-order valence-corrected chi connectivity index (χ1v) is 19.3. The van der Waals surface area contributed by atoms with Gasteiger partial charge in [0.25, 0.3) is 5.91 Å². The van der Waals surface area contributed by atoms with Crippen LogP contribution in [-0.4, -0.2) is 97.4 Å². The number of Topliss-reactive ketones (excluding diaryl/α,β-unsaturated/α-hetero) is 1. The summed E-state index contributed by atoms with van der Waals surface area (Å²) < 4.78 is 10.7. The predicted molar refractivity (Wildman–Crippen MR) is 202 cm³/mol. The summed E-state index contributed by atoms with van der Waals surface area (Å²) in [5.74, 6) is -1.81. The first-order chi connectivity index (χ1) is 24.7. The molecule has 1 saturated heterocycles. The number of amides is 3. The Balaban J connectivity index is 1.82. The van der Waals surface area contributed by atoms with Crippen LogP contribution in [0, 0.1) is 23.7 Å². The van der Waals surface area contributed by atoms with Crippen molar-refractivity contribution in [2.24, 2.45) is 23.7 Å². The highest BCUT2D eigenvalue weighted by Gasteiger charge is 2.37. The van der Waals surface area contributed by atoms with Crippen LogP contribution >= 0.6 is 11.3 Å². The minimum atomic E-state index is -0.858. The Morgan fingerprint density at radius 3 is 2.31 bits per heavy atom. The van der Waals surface area contributed by atoms with Gasteiger partial charge < -0.3 is 25.0 Å². The zero-order chi connectivity index (χ0) is 38.5. The molecule has 1 fully saturated rings. The summed E-state index contributed by atoms with van der Waals surface area (Å²) in [5, 5.41) is 7.58. The second kappa shape index (κ2) is 20.4. The van der Waals surface area contributed by atoms with Gasteiger partial charge in [-0.15, -0.1) is 11.3 Å². The number of piperidine rings is 1. The molecule has 0 bridgehead atoms. The molecule has 1 aromatic heterocycles. The number of hydrogen-bond acceptors (Lipinski definition) is 10. The van der Waals surface area contributed by atoms with E-state index in [4.69, 9.17) is 9.47 Å². The van der Waals surface area contributed by atoms with E-state index in [1.165, 1.54) is 25.5 Å². The molecule has 1 aliphatic rings. The smallest absolute Gasteiger partial charge is 0.407 e. The molecule has 288 valence electrons. The lowest BCUT2D eigenvalue weighted by Crippen LogP contribution is -2.48. The van der Waals surface area contributed by atoms with Crippen molar-refractivity contribution in [3.8, 4) is 0 Å². The van der Waals surface area contributed by atoms with Crippen LogP contribution < -0.4 is 10.6 Å². The van der Waals surface area contributed by atoms with Gasteiger partial charge in [0.15, 0.2) is 11.9 Å². The van der Waals surface area contributed by atoms with Crippen LogP contribution in [0.25, 0.3) is 0 Å². The predicted octanol–water partition coefficient (Wildman–Crippen LogP) is 5.67. The molecule has 3 rings (SSSR count). The fourth-order valence-corrected chi connectivity index (χ4v) is 7.81. The van der Waals surface area contributed by atoms with Crippen molar-refractivity contribution >= 4 is 41.0 Å². The Morgan fingerprint density at radius 2 is 1.71 bits per heavy atom. The Labute approximate surface area is 313 Å². The van der Waals surface area contributed by atoms with Crippen molar-refractivity contribution in [1.82, 2.24) is 25.4 Å². The Morgan fingerprint density at radius 1 is 1.02 bits per heavy atom. The van der Waals surface area contributed by atoms with Gasteiger partial charge in [-0.05, 0) is 56.7 Å². The van der Waals surface area contributed by atoms with Gasteiger partial charge in [0, 0.05) is 50.3 Å². The van der Waals surface area contributed by atoms with Crippen molar-refractivity contribution in [3.63, 3.8) is 0 Å². The van der Waals surface area contributed by atoms with Gasteiger partial charge in [-0.2, -0.15) is 0 Å². The van der Waals surface area contributed by atoms with Crippen molar-refractivity contribution in [2.45, 2.75) is 104 Å². The van der Waals surface area contributed by atoms with Gasteiger partial charge >= 0.3 is 12.1 Å². The normalized spacial score (nSPS) is 17.8. The number of nitrogens with one attached hydrogen (secondary N) is 2. The number of aromatic nitrogens is 1. The molecule has 1 aliphatic heterocycles. The first-order valence-electron chi connectivity index (χ1n) is 18.4. The molecule has 0 unspecified atom stereocenters. The summed E-state index contributed by atoms with van der Waals surface area (Å²) in [6.45, 7) is 10.6. The zero-order valence-electron chi connectivity index (χ0n) is 32.3. The number of likely N-dealkylation sites (tertiary alicyclic amines) is 1. The van der Waals surface area contributed by atoms with E-state index in [0.717, 1.165) is 31.4 Å². The number of carbonyl (C=O) groups is 5. The third-order valence-electron chi connectivity index (χ3n) is 10.1. The Bertz CT molecular complexity index is 1480. The van der Waals surface area contributed by atoms with Gasteiger partial charge in [-0.25, -0.2) is 9.78 Å². The number of likely N-dealkylation sites (N-methyl/N-ethyl adjacent to an activating group) is 1. The van der Waals surface area contributed by atoms with Crippen molar-refractivity contribution in [2.75, 3.05) is 34.8 Å². The molecule has 0 radical (unpaired) electrons. The number of alkyl carbamates (subject to hydrolysis) is 1. The third kappa shape index (κ3) is 12.1. The third-order valence-corrected chi connectivity index (χ3v) is 11.1. The summed E-state index contributed by atoms with van der Waals surface area (Å²) in [5.41, 5.74) is 1.16. The van der Waals surface area contributed by atoms with Crippen molar-refractivity contribution in [1.29, 1.82) is 0 Å². The minimum Gasteiger partial charge on any atom is -0.469 e. The fourth-order valence-electron chi connectivity index (χ4n) is 6.97. The van der Waals surface area contributed by atoms with E-state index >= 15 is 0 Å². The SMILES string of the molecule is CNC(=O)O[C@H](C[C@H](C(C)C)N(C)C(=O)[C@@H](CC(=O)[C@H]1CCCCN1C)C(C)C)c1nc(C(=O)N[C@@H](Cc2ccccc2)C[C@H](C)C(=O)OC)cs1. The maximum Gasteiger partial charge on any atom is 0.407 e. The molecule has 0 saturated carbocycles. The topological polar surface area (TPSA) is 147 Å². The van der Waals surface area contributed by atoms with Crippen LogP contribution in [0.5, 0.6) is 0 Å². The number of ether oxygens (including phenoxy) is 2. The summed E-state index contributed by atoms with van der Waals surface area (Å²) in [4.78, 5) is 74.4. The van der Waals surface area contributed by atoms with E-state index in [0.29, 0.717) is 17.8 Å². The lowest BCUT2D eigenvalue weighted by Gasteiger charge is -2.37. The summed E-state index contributed by atoms with van der Waals surface area (Å²) >= 11 is 1.20. The second-order valence-electron chi connectivity index (χ2n) is 14.7. The fraction of sp³-hybridized carbons (Fsp3) is 0.641. The van der Waals surface area contributed by atoms with Gasteiger partial charge in [0.05, 0.1) is 19.1 Å². The van der Waals surface area contributed by atoms with E-state index in [2.05, 4.69) is 20.5 Å². The Kier molecular flexibility index (Phi) is 16.7. The molecule has 2 aromatic rings. The molecule has 0 spiro atoms. The van der Waals surface area contributed by atoms with Crippen LogP contribution in [0.3, 0.4) is 0 Å². The molecule has 3 amide bonds. The molecule has 13 heteroatoms. The van der Waals surface area contributed by atoms with Gasteiger partial charge in [-0.3, -0.25) is 24.1 Å². The Hall–Kier alpha value is -3.84. The monoisotopic (exact) mass is 741 g/mol. The van der Waals surface area contributed by atoms with E-state index in [9.17, 15) is 24.0 Å². The van der Waals surface area contributed by atoms with E-state index in [-0.39, 0.29) is 66.2 Å². The largest absolute Gasteiger partial charge is 0.469 e. The summed E-state index contributed by atoms with van der Waals surface area (Å²) in [7, 11) is 6.53. The number of carbonyl (C=O) groups excluding carboxylic acids is 5. The molecular weight excluding hydrogens is 683 g/mol. The van der Waals surface area contributed by atoms with Crippen molar-refractivity contribution < 1.29 is 33.4 Å². The lowest BCUT2D eigenvalue weighted by molar-refractivity contribution is -0.145. The molecule has 2 heterocycles. The first kappa shape index (κ1) is 42.6. The second-order valence-corrected chi connectivity index (χ2v) is 15.6. The van der Waals surface area contributed by atoms with Crippen molar-refractivity contribution in [3.05, 3.63) is 52.0 Å². The lowest BCUT2D eigenvalue weighted by atomic mass is 9.84. The highest BCUT2D eigenvalue weighted by Crippen LogP contribution is 2.32. The van der Waals surface area contributed by atoms with E-state index in [1.807, 2.05) is 65.1 Å². The summed E-state index contributed by atoms with van der Waals surface area (Å²) in [6.07, 6.45) is 2.65. The van der Waals surface area contributed by atoms with Crippen LogP contribution in [-0.2, 0) is 30.3 Å². The van der Waals surface area contributed by atoms with Gasteiger partial charge in [-0.1, -0.05) is 71.4 Å². The molecule has 12 nitrogen and oxygen atoms in total. The maximum atomic E-state index is 14.1. The number of ketones is 1. The number of rotatable bonds is 18. The quantitative estimate of drug-likeness (QED) is 0.185. The average Bonchev–Trinajstić information content (AvgIpc) is 3.62. The number of nitrogens with zero attached hydrogens (tertiary/aromatic N) is 3. The zero-order valence-corrected chi connectivity index (χ0v) is 33.2. The van der Waals surface area contributed by atoms with E-state index in [1.54, 1.807) is 24.3 Å². The average molecular weight is 742 g/mol. The van der Waals surface area contributed by atoms with Crippen LogP contribution in [0.4, 0.5) is 4.79 Å². The highest BCUT2D eigenvalue weighted by atomic mass is 32.1. The number of benzene rings is 1. The van der Waals surface area contributed by atoms with Crippen LogP contribution in [0.2, 0.25) is 0 Å². The van der Waals surface area contributed by atoms with Crippen LogP contribution in [0.1, 0.15) is 100 Å². The molecule has 6 atom stereocenters. The molecule has 1 aromatic carbocycles. The minimum absolute atomic E-state index is 0.0315. The highest BCUT2D eigenvalue weighted by molar-refractivity contribution is 7.09. The molecule has 0 aliphatic carbocycles. The number of esters is 1. The number of methoxy groups -OCH3 is 1. The maximum absolute atomic E-state index is 14.1. The standard InChI is InChI=1S/C39H59N5O7S/c1-24(2)29(21-33(45)31-17-13-14-18-43(31)7)37(47)44(8)32(25(3)4)22-34(51-39(49)40-6)36-42-30(23-52-36)35(46)41-28(19-26(5)38(48)50-9)20-27-15-11-10-12-16-27/h10-12,15-16,23-26,28-29,31-32,34H,13-14,17-22H2,1-9H3,(H,40,49)(H,41,46)/t26-,28+,29-,31+,32+,34+/m0/s1.